The first kappa shape index (κ1) is 10.2. The Labute approximate surface area is 69.4 Å². The van der Waals surface area contributed by atoms with Gasteiger partial charge in [-0.05, 0) is 24.8 Å². The molecule has 0 aromatic carbocycles. The van der Waals surface area contributed by atoms with Gasteiger partial charge in [0.2, 0.25) is 0 Å². The smallest absolute Gasteiger partial charge is 0.0299 e. The number of nitrogens with one attached hydrogen (secondary N) is 1. The summed E-state index contributed by atoms with van der Waals surface area (Å²) in [6.07, 6.45) is 0. The fourth-order valence-electron chi connectivity index (χ4n) is 0.765. The van der Waals surface area contributed by atoms with E-state index in [0.717, 1.165) is 5.70 Å². The standard InChI is InChI=1S/C9H18N2/c1-7(9(3,4)5)8(2)11-10-6/h11H,6H2,1-5H3/b8-7+. The minimum atomic E-state index is 0.210. The Hall–Kier alpha value is -0.790. The second-order valence-corrected chi connectivity index (χ2v) is 3.77. The van der Waals surface area contributed by atoms with Crippen LogP contribution >= 0.6 is 0 Å². The first-order valence-corrected chi connectivity index (χ1v) is 3.79. The molecule has 0 aromatic rings. The van der Waals surface area contributed by atoms with E-state index in [1.807, 2.05) is 6.92 Å². The quantitative estimate of drug-likeness (QED) is 0.479. The second kappa shape index (κ2) is 3.56. The number of hydrogen-bond acceptors (Lipinski definition) is 2. The molecule has 0 saturated heterocycles. The lowest BCUT2D eigenvalue weighted by Gasteiger charge is -2.21. The van der Waals surface area contributed by atoms with Crippen molar-refractivity contribution in [1.29, 1.82) is 0 Å². The van der Waals surface area contributed by atoms with E-state index in [2.05, 4.69) is 44.9 Å². The van der Waals surface area contributed by atoms with Gasteiger partial charge in [-0.2, -0.15) is 5.10 Å². The van der Waals surface area contributed by atoms with Crippen molar-refractivity contribution in [3.8, 4) is 0 Å². The number of allylic oxidation sites excluding steroid dienone is 2. The molecule has 0 bridgehead atoms. The molecular weight excluding hydrogens is 136 g/mol. The lowest BCUT2D eigenvalue weighted by molar-refractivity contribution is 0.493. The largest absolute Gasteiger partial charge is 0.284 e. The topological polar surface area (TPSA) is 24.4 Å². The summed E-state index contributed by atoms with van der Waals surface area (Å²) < 4.78 is 0. The highest BCUT2D eigenvalue weighted by Crippen LogP contribution is 2.26. The van der Waals surface area contributed by atoms with E-state index in [-0.39, 0.29) is 5.41 Å². The summed E-state index contributed by atoms with van der Waals surface area (Å²) in [6, 6.07) is 0. The fraction of sp³-hybridized carbons (Fsp3) is 0.667. The van der Waals surface area contributed by atoms with Crippen molar-refractivity contribution in [2.45, 2.75) is 34.6 Å². The van der Waals surface area contributed by atoms with E-state index in [1.165, 1.54) is 5.57 Å². The van der Waals surface area contributed by atoms with Crippen molar-refractivity contribution in [2.24, 2.45) is 10.5 Å². The van der Waals surface area contributed by atoms with Gasteiger partial charge >= 0.3 is 0 Å². The van der Waals surface area contributed by atoms with Gasteiger partial charge in [-0.3, -0.25) is 5.43 Å². The van der Waals surface area contributed by atoms with E-state index in [9.17, 15) is 0 Å². The maximum absolute atomic E-state index is 3.61. The summed E-state index contributed by atoms with van der Waals surface area (Å²) in [4.78, 5) is 0. The molecule has 0 spiro atoms. The highest BCUT2D eigenvalue weighted by Gasteiger charge is 2.14. The number of hydrazone groups is 1. The molecule has 2 nitrogen and oxygen atoms in total. The fourth-order valence-corrected chi connectivity index (χ4v) is 0.765. The maximum Gasteiger partial charge on any atom is 0.0299 e. The molecule has 64 valence electrons. The molecule has 0 rings (SSSR count). The Morgan fingerprint density at radius 1 is 1.27 bits per heavy atom. The molecule has 0 aliphatic heterocycles. The lowest BCUT2D eigenvalue weighted by atomic mass is 9.86. The summed E-state index contributed by atoms with van der Waals surface area (Å²) >= 11 is 0. The molecule has 1 N–H and O–H groups in total. The minimum Gasteiger partial charge on any atom is -0.284 e. The van der Waals surface area contributed by atoms with Crippen LogP contribution < -0.4 is 5.43 Å². The van der Waals surface area contributed by atoms with E-state index >= 15 is 0 Å². The maximum atomic E-state index is 3.61. The molecule has 2 heteroatoms. The molecule has 0 saturated carbocycles. The molecule has 0 atom stereocenters. The van der Waals surface area contributed by atoms with Crippen LogP contribution in [0, 0.1) is 5.41 Å². The molecule has 11 heavy (non-hydrogen) atoms. The van der Waals surface area contributed by atoms with Crippen molar-refractivity contribution in [1.82, 2.24) is 5.43 Å². The summed E-state index contributed by atoms with van der Waals surface area (Å²) in [5.41, 5.74) is 5.46. The summed E-state index contributed by atoms with van der Waals surface area (Å²) in [6.45, 7) is 14.0. The van der Waals surface area contributed by atoms with Gasteiger partial charge in [0.1, 0.15) is 0 Å². The predicted octanol–water partition coefficient (Wildman–Crippen LogP) is 2.53. The average Bonchev–Trinajstić information content (AvgIpc) is 1.85. The summed E-state index contributed by atoms with van der Waals surface area (Å²) in [7, 11) is 0. The van der Waals surface area contributed by atoms with Gasteiger partial charge in [0.05, 0.1) is 0 Å². The number of hydrogen-bond donors (Lipinski definition) is 1. The van der Waals surface area contributed by atoms with Crippen molar-refractivity contribution in [2.75, 3.05) is 0 Å². The minimum absolute atomic E-state index is 0.210. The van der Waals surface area contributed by atoms with Gasteiger partial charge in [0, 0.05) is 12.4 Å². The Morgan fingerprint density at radius 3 is 2.00 bits per heavy atom. The number of nitrogens with zero attached hydrogens (tertiary/aromatic N) is 1. The summed E-state index contributed by atoms with van der Waals surface area (Å²) in [5, 5.41) is 3.61. The SMILES string of the molecule is C=NN/C(C)=C(\C)C(C)(C)C. The van der Waals surface area contributed by atoms with Gasteiger partial charge in [-0.25, -0.2) is 0 Å². The van der Waals surface area contributed by atoms with Crippen LogP contribution in [0.5, 0.6) is 0 Å². The van der Waals surface area contributed by atoms with Crippen LogP contribution in [0.3, 0.4) is 0 Å². The Kier molecular flexibility index (Phi) is 3.30. The second-order valence-electron chi connectivity index (χ2n) is 3.77. The molecule has 0 radical (unpaired) electrons. The highest BCUT2D eigenvalue weighted by atomic mass is 15.3. The lowest BCUT2D eigenvalue weighted by Crippen LogP contribution is -2.13. The van der Waals surface area contributed by atoms with E-state index < -0.39 is 0 Å². The highest BCUT2D eigenvalue weighted by molar-refractivity contribution is 5.24. The third-order valence-electron chi connectivity index (χ3n) is 1.93. The van der Waals surface area contributed by atoms with E-state index in [1.54, 1.807) is 0 Å². The summed E-state index contributed by atoms with van der Waals surface area (Å²) in [5.74, 6) is 0. The Morgan fingerprint density at radius 2 is 1.73 bits per heavy atom. The van der Waals surface area contributed by atoms with Crippen LogP contribution in [0.25, 0.3) is 0 Å². The predicted molar refractivity (Wildman–Crippen MR) is 50.5 cm³/mol. The third kappa shape index (κ3) is 3.21. The van der Waals surface area contributed by atoms with E-state index in [0.29, 0.717) is 0 Å². The molecule has 0 heterocycles. The Balaban J connectivity index is 4.52. The molecule has 0 fully saturated rings. The van der Waals surface area contributed by atoms with Gasteiger partial charge in [0.25, 0.3) is 0 Å². The molecule has 0 amide bonds. The molecule has 0 aliphatic rings. The molecule has 0 unspecified atom stereocenters. The van der Waals surface area contributed by atoms with Crippen LogP contribution in [-0.4, -0.2) is 6.72 Å². The number of rotatable bonds is 2. The first-order valence-electron chi connectivity index (χ1n) is 3.79. The van der Waals surface area contributed by atoms with Crippen LogP contribution in [0.15, 0.2) is 16.4 Å². The third-order valence-corrected chi connectivity index (χ3v) is 1.93. The molecule has 0 aromatic heterocycles. The van der Waals surface area contributed by atoms with Crippen molar-refractivity contribution >= 4 is 6.72 Å². The van der Waals surface area contributed by atoms with Gasteiger partial charge < -0.3 is 0 Å². The monoisotopic (exact) mass is 154 g/mol. The van der Waals surface area contributed by atoms with Gasteiger partial charge in [-0.15, -0.1) is 0 Å². The van der Waals surface area contributed by atoms with Crippen LogP contribution in [0.1, 0.15) is 34.6 Å². The first-order chi connectivity index (χ1) is 4.89. The van der Waals surface area contributed by atoms with Crippen molar-refractivity contribution < 1.29 is 0 Å². The zero-order valence-corrected chi connectivity index (χ0v) is 8.15. The molecular formula is C9H18N2. The average molecular weight is 154 g/mol. The molecule has 0 aliphatic carbocycles. The normalized spacial score (nSPS) is 13.9. The van der Waals surface area contributed by atoms with Crippen LogP contribution in [0.2, 0.25) is 0 Å². The zero-order chi connectivity index (χ0) is 9.07. The van der Waals surface area contributed by atoms with Crippen molar-refractivity contribution in [3.63, 3.8) is 0 Å². The van der Waals surface area contributed by atoms with Crippen LogP contribution in [-0.2, 0) is 0 Å². The zero-order valence-electron chi connectivity index (χ0n) is 8.15. The van der Waals surface area contributed by atoms with Gasteiger partial charge in [-0.1, -0.05) is 20.8 Å². The van der Waals surface area contributed by atoms with Crippen molar-refractivity contribution in [3.05, 3.63) is 11.3 Å². The van der Waals surface area contributed by atoms with Crippen LogP contribution in [0.4, 0.5) is 0 Å². The Bertz CT molecular complexity index is 172. The van der Waals surface area contributed by atoms with E-state index in [4.69, 9.17) is 0 Å². The van der Waals surface area contributed by atoms with Gasteiger partial charge in [0.15, 0.2) is 0 Å².